The molecule has 144 valence electrons. The number of ether oxygens (including phenoxy) is 2. The van der Waals surface area contributed by atoms with Crippen LogP contribution in [0.3, 0.4) is 0 Å². The SMILES string of the molecule is O=C(O)C1Cc2cc(Cl)c(Oc3ccc(Cl)c[n+]3[O-])cc2OC1C(F)(F)F. The van der Waals surface area contributed by atoms with Crippen LogP contribution in [0, 0.1) is 11.1 Å². The number of aromatic nitrogens is 1. The lowest BCUT2D eigenvalue weighted by molar-refractivity contribution is -0.611. The van der Waals surface area contributed by atoms with Crippen LogP contribution in [0.25, 0.3) is 0 Å². The molecule has 0 aliphatic carbocycles. The number of carbonyl (C=O) groups is 1. The highest BCUT2D eigenvalue weighted by molar-refractivity contribution is 6.32. The van der Waals surface area contributed by atoms with Crippen molar-refractivity contribution in [2.75, 3.05) is 0 Å². The molecule has 6 nitrogen and oxygen atoms in total. The summed E-state index contributed by atoms with van der Waals surface area (Å²) >= 11 is 11.7. The third kappa shape index (κ3) is 3.98. The summed E-state index contributed by atoms with van der Waals surface area (Å²) in [6.07, 6.45) is -6.79. The van der Waals surface area contributed by atoms with Gasteiger partial charge in [0.25, 0.3) is 0 Å². The minimum Gasteiger partial charge on any atom is -0.616 e. The fourth-order valence-electron chi connectivity index (χ4n) is 2.63. The minimum atomic E-state index is -4.88. The molecule has 1 aromatic heterocycles. The molecule has 2 aromatic rings. The minimum absolute atomic E-state index is 0.0260. The van der Waals surface area contributed by atoms with Crippen LogP contribution in [-0.4, -0.2) is 23.4 Å². The van der Waals surface area contributed by atoms with E-state index in [2.05, 4.69) is 0 Å². The number of alkyl halides is 3. The Balaban J connectivity index is 1.97. The maximum absolute atomic E-state index is 13.2. The van der Waals surface area contributed by atoms with Crippen LogP contribution in [0.2, 0.25) is 10.0 Å². The molecule has 0 spiro atoms. The van der Waals surface area contributed by atoms with Crippen molar-refractivity contribution in [1.82, 2.24) is 0 Å². The van der Waals surface area contributed by atoms with Crippen molar-refractivity contribution in [1.29, 1.82) is 0 Å². The molecule has 0 radical (unpaired) electrons. The van der Waals surface area contributed by atoms with Gasteiger partial charge in [-0.25, -0.2) is 0 Å². The monoisotopic (exact) mass is 423 g/mol. The lowest BCUT2D eigenvalue weighted by Crippen LogP contribution is -2.47. The normalized spacial score (nSPS) is 19.1. The first-order chi connectivity index (χ1) is 12.6. The van der Waals surface area contributed by atoms with Crippen molar-refractivity contribution in [2.24, 2.45) is 5.92 Å². The van der Waals surface area contributed by atoms with Gasteiger partial charge < -0.3 is 19.8 Å². The van der Waals surface area contributed by atoms with E-state index in [1.54, 1.807) is 0 Å². The van der Waals surface area contributed by atoms with E-state index in [0.29, 0.717) is 4.73 Å². The van der Waals surface area contributed by atoms with Gasteiger partial charge in [0.05, 0.1) is 11.1 Å². The molecule has 0 saturated carbocycles. The topological polar surface area (TPSA) is 82.7 Å². The lowest BCUT2D eigenvalue weighted by atomic mass is 9.90. The van der Waals surface area contributed by atoms with Crippen molar-refractivity contribution in [3.8, 4) is 17.4 Å². The fourth-order valence-corrected chi connectivity index (χ4v) is 3.01. The summed E-state index contributed by atoms with van der Waals surface area (Å²) in [5, 5.41) is 21.0. The predicted molar refractivity (Wildman–Crippen MR) is 87.2 cm³/mol. The summed E-state index contributed by atoms with van der Waals surface area (Å²) in [5.74, 6) is -4.00. The molecule has 1 aromatic carbocycles. The van der Waals surface area contributed by atoms with Gasteiger partial charge in [0.15, 0.2) is 5.75 Å². The van der Waals surface area contributed by atoms with E-state index in [0.717, 1.165) is 12.3 Å². The van der Waals surface area contributed by atoms with Crippen molar-refractivity contribution >= 4 is 29.2 Å². The quantitative estimate of drug-likeness (QED) is 0.596. The average molecular weight is 424 g/mol. The van der Waals surface area contributed by atoms with Crippen molar-refractivity contribution in [3.05, 3.63) is 51.3 Å². The van der Waals surface area contributed by atoms with Gasteiger partial charge in [0.1, 0.15) is 16.7 Å². The first-order valence-corrected chi connectivity index (χ1v) is 8.17. The highest BCUT2D eigenvalue weighted by atomic mass is 35.5. The van der Waals surface area contributed by atoms with Crippen molar-refractivity contribution in [3.63, 3.8) is 0 Å². The van der Waals surface area contributed by atoms with Crippen molar-refractivity contribution in [2.45, 2.75) is 18.7 Å². The smallest absolute Gasteiger partial charge is 0.426 e. The molecule has 0 amide bonds. The molecule has 27 heavy (non-hydrogen) atoms. The zero-order valence-corrected chi connectivity index (χ0v) is 14.7. The maximum Gasteiger partial charge on any atom is 0.426 e. The number of hydrogen-bond acceptors (Lipinski definition) is 4. The fraction of sp³-hybridized carbons (Fsp3) is 0.250. The van der Waals surface area contributed by atoms with Crippen LogP contribution in [0.1, 0.15) is 5.56 Å². The number of fused-ring (bicyclic) bond motifs is 1. The third-order valence-electron chi connectivity index (χ3n) is 3.87. The standard InChI is InChI=1S/C16H10Cl2F3NO5/c17-8-1-2-13(22(25)6-8)26-12-5-11-7(4-10(12)18)3-9(15(23)24)14(27-11)16(19,20)21/h1-2,4-6,9,14H,3H2,(H,23,24). The number of aliphatic carboxylic acids is 1. The number of nitrogens with zero attached hydrogens (tertiary/aromatic N) is 1. The summed E-state index contributed by atoms with van der Waals surface area (Å²) < 4.78 is 50.0. The first-order valence-electron chi connectivity index (χ1n) is 7.41. The molecule has 2 heterocycles. The molecule has 1 aliphatic heterocycles. The summed E-state index contributed by atoms with van der Waals surface area (Å²) in [6, 6.07) is 4.97. The Bertz CT molecular complexity index is 906. The zero-order chi connectivity index (χ0) is 19.9. The van der Waals surface area contributed by atoms with Gasteiger partial charge in [0.2, 0.25) is 12.3 Å². The Morgan fingerprint density at radius 1 is 1.33 bits per heavy atom. The van der Waals surface area contributed by atoms with Crippen LogP contribution in [0.5, 0.6) is 17.4 Å². The van der Waals surface area contributed by atoms with Gasteiger partial charge in [-0.3, -0.25) is 4.79 Å². The van der Waals surface area contributed by atoms with Gasteiger partial charge in [-0.2, -0.15) is 13.2 Å². The number of carboxylic acid groups (broad SMARTS) is 1. The second kappa shape index (κ2) is 6.97. The molecular weight excluding hydrogens is 414 g/mol. The number of rotatable bonds is 3. The third-order valence-corrected chi connectivity index (χ3v) is 4.39. The Labute approximate surface area is 160 Å². The predicted octanol–water partition coefficient (Wildman–Crippen LogP) is 3.99. The van der Waals surface area contributed by atoms with Crippen LogP contribution in [0.4, 0.5) is 13.2 Å². The second-order valence-corrected chi connectivity index (χ2v) is 6.58. The number of pyridine rings is 1. The van der Waals surface area contributed by atoms with Crippen LogP contribution in [0.15, 0.2) is 30.5 Å². The summed E-state index contributed by atoms with van der Waals surface area (Å²) in [7, 11) is 0. The van der Waals surface area contributed by atoms with Gasteiger partial charge in [-0.1, -0.05) is 23.2 Å². The Morgan fingerprint density at radius 3 is 2.63 bits per heavy atom. The molecule has 2 atom stereocenters. The van der Waals surface area contributed by atoms with Gasteiger partial charge in [-0.05, 0) is 24.1 Å². The number of benzene rings is 1. The highest BCUT2D eigenvalue weighted by Gasteiger charge is 2.52. The molecule has 0 fully saturated rings. The maximum atomic E-state index is 13.2. The molecule has 1 aliphatic rings. The summed E-state index contributed by atoms with van der Waals surface area (Å²) in [6.45, 7) is 0. The molecule has 2 unspecified atom stereocenters. The molecular formula is C16H10Cl2F3NO5. The Hall–Kier alpha value is -2.39. The van der Waals surface area contributed by atoms with E-state index in [4.69, 9.17) is 37.8 Å². The summed E-state index contributed by atoms with van der Waals surface area (Å²) in [5.41, 5.74) is 0.186. The van der Waals surface area contributed by atoms with E-state index in [1.807, 2.05) is 0 Å². The van der Waals surface area contributed by atoms with E-state index < -0.39 is 30.6 Å². The highest BCUT2D eigenvalue weighted by Crippen LogP contribution is 2.43. The number of carboxylic acids is 1. The molecule has 0 bridgehead atoms. The van der Waals surface area contributed by atoms with E-state index in [-0.39, 0.29) is 33.0 Å². The summed E-state index contributed by atoms with van der Waals surface area (Å²) in [4.78, 5) is 11.2. The Morgan fingerprint density at radius 2 is 2.04 bits per heavy atom. The number of hydrogen-bond donors (Lipinski definition) is 1. The zero-order valence-electron chi connectivity index (χ0n) is 13.2. The van der Waals surface area contributed by atoms with Crippen LogP contribution >= 0.6 is 23.2 Å². The first kappa shape index (κ1) is 19.4. The van der Waals surface area contributed by atoms with Crippen molar-refractivity contribution < 1.29 is 37.3 Å². The van der Waals surface area contributed by atoms with Gasteiger partial charge in [0, 0.05) is 6.07 Å². The van der Waals surface area contributed by atoms with Gasteiger partial charge in [-0.15, -0.1) is 4.73 Å². The second-order valence-electron chi connectivity index (χ2n) is 5.73. The number of halogens is 5. The van der Waals surface area contributed by atoms with E-state index in [9.17, 15) is 23.2 Å². The average Bonchev–Trinajstić information content (AvgIpc) is 2.55. The Kier molecular flexibility index (Phi) is 5.00. The largest absolute Gasteiger partial charge is 0.616 e. The molecule has 3 rings (SSSR count). The van der Waals surface area contributed by atoms with Crippen LogP contribution in [-0.2, 0) is 11.2 Å². The van der Waals surface area contributed by atoms with Gasteiger partial charge >= 0.3 is 18.0 Å². The molecule has 1 N–H and O–H groups in total. The van der Waals surface area contributed by atoms with E-state index >= 15 is 0 Å². The molecule has 0 saturated heterocycles. The van der Waals surface area contributed by atoms with Crippen LogP contribution < -0.4 is 14.2 Å². The lowest BCUT2D eigenvalue weighted by Gasteiger charge is -2.32. The van der Waals surface area contributed by atoms with E-state index in [1.165, 1.54) is 18.2 Å². The molecule has 11 heteroatoms.